The highest BCUT2D eigenvalue weighted by molar-refractivity contribution is 5.82. The molecule has 2 rings (SSSR count). The summed E-state index contributed by atoms with van der Waals surface area (Å²) in [6.07, 6.45) is 4.53. The van der Waals surface area contributed by atoms with E-state index in [2.05, 4.69) is 16.7 Å². The van der Waals surface area contributed by atoms with Gasteiger partial charge in [-0.15, -0.1) is 0 Å². The van der Waals surface area contributed by atoms with E-state index in [1.54, 1.807) is 0 Å². The lowest BCUT2D eigenvalue weighted by atomic mass is 9.94. The molecule has 0 aromatic carbocycles. The molecule has 0 amide bonds. The van der Waals surface area contributed by atoms with Gasteiger partial charge in [-0.2, -0.15) is 0 Å². The van der Waals surface area contributed by atoms with Crippen molar-refractivity contribution in [1.82, 2.24) is 9.80 Å². The van der Waals surface area contributed by atoms with Crippen LogP contribution in [0.2, 0.25) is 0 Å². The molecular weight excluding hydrogens is 200 g/mol. The number of Topliss-reactive ketones (excluding diaryl/α,β-unsaturated/α-hetero) is 1. The summed E-state index contributed by atoms with van der Waals surface area (Å²) in [5.74, 6) is 0.798. The standard InChI is InChI=1S/C13H24N2O/c1-2-12-11-15(8-5-13(12)16)10-9-14-6-3-4-7-14/h12H,2-11H2,1H3. The summed E-state index contributed by atoms with van der Waals surface area (Å²) in [6.45, 7) is 9.04. The summed E-state index contributed by atoms with van der Waals surface area (Å²) in [4.78, 5) is 16.6. The largest absolute Gasteiger partial charge is 0.302 e. The Morgan fingerprint density at radius 1 is 1.12 bits per heavy atom. The summed E-state index contributed by atoms with van der Waals surface area (Å²) < 4.78 is 0. The molecule has 1 atom stereocenters. The topological polar surface area (TPSA) is 23.6 Å². The average molecular weight is 224 g/mol. The molecule has 0 aliphatic carbocycles. The SMILES string of the molecule is CCC1CN(CCN2CCCC2)CCC1=O. The van der Waals surface area contributed by atoms with Crippen LogP contribution in [-0.2, 0) is 4.79 Å². The zero-order chi connectivity index (χ0) is 11.4. The zero-order valence-corrected chi connectivity index (χ0v) is 10.5. The molecule has 3 heteroatoms. The van der Waals surface area contributed by atoms with Gasteiger partial charge in [0.2, 0.25) is 0 Å². The molecule has 0 radical (unpaired) electrons. The number of piperidine rings is 1. The Labute approximate surface area is 98.8 Å². The minimum atomic E-state index is 0.312. The van der Waals surface area contributed by atoms with Gasteiger partial charge in [-0.3, -0.25) is 4.79 Å². The second kappa shape index (κ2) is 5.78. The number of nitrogens with zero attached hydrogens (tertiary/aromatic N) is 2. The van der Waals surface area contributed by atoms with E-state index >= 15 is 0 Å². The zero-order valence-electron chi connectivity index (χ0n) is 10.5. The fourth-order valence-corrected chi connectivity index (χ4v) is 2.83. The second-order valence-corrected chi connectivity index (χ2v) is 5.17. The molecule has 2 aliphatic rings. The van der Waals surface area contributed by atoms with Crippen molar-refractivity contribution in [1.29, 1.82) is 0 Å². The Hall–Kier alpha value is -0.410. The van der Waals surface area contributed by atoms with Gasteiger partial charge in [0.1, 0.15) is 5.78 Å². The third kappa shape index (κ3) is 3.05. The van der Waals surface area contributed by atoms with Gasteiger partial charge < -0.3 is 9.80 Å². The van der Waals surface area contributed by atoms with E-state index in [1.807, 2.05) is 0 Å². The van der Waals surface area contributed by atoms with Crippen molar-refractivity contribution >= 4 is 5.78 Å². The predicted octanol–water partition coefficient (Wildman–Crippen LogP) is 1.38. The molecular formula is C13H24N2O. The molecule has 0 aromatic heterocycles. The van der Waals surface area contributed by atoms with Crippen LogP contribution in [0, 0.1) is 5.92 Å². The van der Waals surface area contributed by atoms with E-state index in [0.717, 1.165) is 32.5 Å². The van der Waals surface area contributed by atoms with Crippen LogP contribution in [0.25, 0.3) is 0 Å². The number of carbonyl (C=O) groups is 1. The molecule has 2 heterocycles. The average Bonchev–Trinajstić information content (AvgIpc) is 2.81. The fraction of sp³-hybridized carbons (Fsp3) is 0.923. The van der Waals surface area contributed by atoms with Crippen molar-refractivity contribution < 1.29 is 4.79 Å². The smallest absolute Gasteiger partial charge is 0.138 e. The highest BCUT2D eigenvalue weighted by Crippen LogP contribution is 2.16. The van der Waals surface area contributed by atoms with Crippen LogP contribution in [0.15, 0.2) is 0 Å². The van der Waals surface area contributed by atoms with E-state index in [9.17, 15) is 4.79 Å². The maximum Gasteiger partial charge on any atom is 0.138 e. The number of carbonyl (C=O) groups excluding carboxylic acids is 1. The Bertz CT molecular complexity index is 236. The number of ketones is 1. The van der Waals surface area contributed by atoms with Crippen LogP contribution in [0.3, 0.4) is 0 Å². The first-order valence-electron chi connectivity index (χ1n) is 6.77. The summed E-state index contributed by atoms with van der Waals surface area (Å²) in [6, 6.07) is 0. The monoisotopic (exact) mass is 224 g/mol. The number of likely N-dealkylation sites (tertiary alicyclic amines) is 2. The van der Waals surface area contributed by atoms with Gasteiger partial charge in [0.25, 0.3) is 0 Å². The summed E-state index contributed by atoms with van der Waals surface area (Å²) in [5.41, 5.74) is 0. The predicted molar refractivity (Wildman–Crippen MR) is 65.5 cm³/mol. The minimum Gasteiger partial charge on any atom is -0.302 e. The maximum atomic E-state index is 11.6. The number of hydrogen-bond donors (Lipinski definition) is 0. The molecule has 0 spiro atoms. The van der Waals surface area contributed by atoms with Crippen LogP contribution in [0.5, 0.6) is 0 Å². The number of hydrogen-bond acceptors (Lipinski definition) is 3. The van der Waals surface area contributed by atoms with Crippen LogP contribution in [0.1, 0.15) is 32.6 Å². The van der Waals surface area contributed by atoms with Crippen LogP contribution in [-0.4, -0.2) is 54.9 Å². The molecule has 2 fully saturated rings. The van der Waals surface area contributed by atoms with Crippen molar-refractivity contribution in [2.45, 2.75) is 32.6 Å². The molecule has 3 nitrogen and oxygen atoms in total. The van der Waals surface area contributed by atoms with Crippen molar-refractivity contribution in [3.8, 4) is 0 Å². The van der Waals surface area contributed by atoms with Gasteiger partial charge in [-0.1, -0.05) is 6.92 Å². The molecule has 2 aliphatic heterocycles. The Morgan fingerprint density at radius 3 is 2.50 bits per heavy atom. The second-order valence-electron chi connectivity index (χ2n) is 5.17. The van der Waals surface area contributed by atoms with Gasteiger partial charge in [-0.25, -0.2) is 0 Å². The van der Waals surface area contributed by atoms with Gasteiger partial charge in [0.05, 0.1) is 0 Å². The normalized spacial score (nSPS) is 28.8. The third-order valence-electron chi connectivity index (χ3n) is 4.03. The van der Waals surface area contributed by atoms with Crippen LogP contribution >= 0.6 is 0 Å². The third-order valence-corrected chi connectivity index (χ3v) is 4.03. The van der Waals surface area contributed by atoms with Crippen molar-refractivity contribution in [2.24, 2.45) is 5.92 Å². The van der Waals surface area contributed by atoms with E-state index in [1.165, 1.54) is 32.5 Å². The Morgan fingerprint density at radius 2 is 1.81 bits per heavy atom. The first-order chi connectivity index (χ1) is 7.79. The molecule has 0 aromatic rings. The highest BCUT2D eigenvalue weighted by atomic mass is 16.1. The van der Waals surface area contributed by atoms with E-state index in [-0.39, 0.29) is 0 Å². The first-order valence-corrected chi connectivity index (χ1v) is 6.77. The molecule has 0 bridgehead atoms. The molecule has 92 valence electrons. The lowest BCUT2D eigenvalue weighted by Crippen LogP contribution is -2.43. The van der Waals surface area contributed by atoms with Gasteiger partial charge >= 0.3 is 0 Å². The van der Waals surface area contributed by atoms with E-state index in [4.69, 9.17) is 0 Å². The van der Waals surface area contributed by atoms with E-state index in [0.29, 0.717) is 11.7 Å². The van der Waals surface area contributed by atoms with Crippen LogP contribution in [0.4, 0.5) is 0 Å². The van der Waals surface area contributed by atoms with Crippen molar-refractivity contribution in [3.05, 3.63) is 0 Å². The quantitative estimate of drug-likeness (QED) is 0.721. The molecule has 0 N–H and O–H groups in total. The molecule has 0 saturated carbocycles. The van der Waals surface area contributed by atoms with Crippen molar-refractivity contribution in [2.75, 3.05) is 39.3 Å². The lowest BCUT2D eigenvalue weighted by molar-refractivity contribution is -0.126. The lowest BCUT2D eigenvalue weighted by Gasteiger charge is -2.32. The Balaban J connectivity index is 1.71. The fourth-order valence-electron chi connectivity index (χ4n) is 2.83. The van der Waals surface area contributed by atoms with Gasteiger partial charge in [-0.05, 0) is 32.4 Å². The van der Waals surface area contributed by atoms with Crippen molar-refractivity contribution in [3.63, 3.8) is 0 Å². The molecule has 2 saturated heterocycles. The summed E-state index contributed by atoms with van der Waals surface area (Å²) in [5, 5.41) is 0. The van der Waals surface area contributed by atoms with Gasteiger partial charge in [0.15, 0.2) is 0 Å². The van der Waals surface area contributed by atoms with E-state index < -0.39 is 0 Å². The number of rotatable bonds is 4. The maximum absolute atomic E-state index is 11.6. The minimum absolute atomic E-state index is 0.312. The van der Waals surface area contributed by atoms with Gasteiger partial charge in [0, 0.05) is 38.5 Å². The van der Waals surface area contributed by atoms with Crippen LogP contribution < -0.4 is 0 Å². The Kier molecular flexibility index (Phi) is 4.36. The summed E-state index contributed by atoms with van der Waals surface area (Å²) in [7, 11) is 0. The molecule has 16 heavy (non-hydrogen) atoms. The first kappa shape index (κ1) is 12.1. The molecule has 1 unspecified atom stereocenters. The highest BCUT2D eigenvalue weighted by Gasteiger charge is 2.25. The summed E-state index contributed by atoms with van der Waals surface area (Å²) >= 11 is 0.